The lowest BCUT2D eigenvalue weighted by Gasteiger charge is -2.29. The topological polar surface area (TPSA) is 58.1 Å². The van der Waals surface area contributed by atoms with Crippen LogP contribution >= 0.6 is 0 Å². The fourth-order valence-corrected chi connectivity index (χ4v) is 3.23. The van der Waals surface area contributed by atoms with Crippen LogP contribution in [0.5, 0.6) is 0 Å². The highest BCUT2D eigenvalue weighted by Gasteiger charge is 2.20. The highest BCUT2D eigenvalue weighted by atomic mass is 19.1. The second-order valence-electron chi connectivity index (χ2n) is 6.57. The van der Waals surface area contributed by atoms with Crippen LogP contribution in [0.15, 0.2) is 54.6 Å². The molecule has 1 aromatic heterocycles. The summed E-state index contributed by atoms with van der Waals surface area (Å²) < 4.78 is 13.8. The standard InChI is InChI=1S/C21H19FN4O/c1-14-12-19(20(27)24-18-9-5-4-8-17(18)22)25-21(23-14)26-11-10-15-6-2-3-7-16(15)13-26/h2-9,12H,10-11,13H2,1H3,(H,24,27). The van der Waals surface area contributed by atoms with Crippen molar-refractivity contribution in [2.24, 2.45) is 0 Å². The SMILES string of the molecule is Cc1cc(C(=O)Nc2ccccc2F)nc(N2CCc3ccccc3C2)n1. The second kappa shape index (κ2) is 7.15. The maximum absolute atomic E-state index is 13.8. The van der Waals surface area contributed by atoms with E-state index in [9.17, 15) is 9.18 Å². The molecule has 2 heterocycles. The lowest BCUT2D eigenvalue weighted by molar-refractivity contribution is 0.102. The Hall–Kier alpha value is -3.28. The lowest BCUT2D eigenvalue weighted by Crippen LogP contribution is -2.32. The quantitative estimate of drug-likeness (QED) is 0.771. The second-order valence-corrected chi connectivity index (χ2v) is 6.57. The van der Waals surface area contributed by atoms with Gasteiger partial charge in [-0.25, -0.2) is 14.4 Å². The fourth-order valence-electron chi connectivity index (χ4n) is 3.23. The van der Waals surface area contributed by atoms with Gasteiger partial charge in [-0.3, -0.25) is 4.79 Å². The molecule has 4 rings (SSSR count). The van der Waals surface area contributed by atoms with Crippen LogP contribution < -0.4 is 10.2 Å². The molecule has 1 aliphatic rings. The Morgan fingerprint density at radius 3 is 2.63 bits per heavy atom. The summed E-state index contributed by atoms with van der Waals surface area (Å²) in [4.78, 5) is 23.6. The van der Waals surface area contributed by atoms with E-state index in [4.69, 9.17) is 0 Å². The molecule has 0 fully saturated rings. The van der Waals surface area contributed by atoms with Crippen LogP contribution in [0.25, 0.3) is 0 Å². The van der Waals surface area contributed by atoms with E-state index in [2.05, 4.69) is 32.3 Å². The van der Waals surface area contributed by atoms with E-state index in [0.29, 0.717) is 18.2 Å². The number of halogens is 1. The van der Waals surface area contributed by atoms with Gasteiger partial charge in [-0.1, -0.05) is 36.4 Å². The third-order valence-electron chi connectivity index (χ3n) is 4.61. The number of benzene rings is 2. The zero-order chi connectivity index (χ0) is 18.8. The molecule has 3 aromatic rings. The maximum Gasteiger partial charge on any atom is 0.274 e. The molecular weight excluding hydrogens is 343 g/mol. The molecule has 0 aliphatic carbocycles. The predicted octanol–water partition coefficient (Wildman–Crippen LogP) is 3.74. The third-order valence-corrected chi connectivity index (χ3v) is 4.61. The van der Waals surface area contributed by atoms with Gasteiger partial charge in [0, 0.05) is 18.8 Å². The number of nitrogens with one attached hydrogen (secondary N) is 1. The van der Waals surface area contributed by atoms with Crippen LogP contribution in [0.4, 0.5) is 16.0 Å². The number of aryl methyl sites for hydroxylation is 1. The Kier molecular flexibility index (Phi) is 4.54. The van der Waals surface area contributed by atoms with E-state index in [-0.39, 0.29) is 11.4 Å². The summed E-state index contributed by atoms with van der Waals surface area (Å²) in [7, 11) is 0. The molecule has 0 saturated heterocycles. The van der Waals surface area contributed by atoms with E-state index in [0.717, 1.165) is 13.0 Å². The molecule has 0 bridgehead atoms. The first-order valence-corrected chi connectivity index (χ1v) is 8.83. The van der Waals surface area contributed by atoms with Crippen molar-refractivity contribution >= 4 is 17.5 Å². The van der Waals surface area contributed by atoms with Gasteiger partial charge in [0.15, 0.2) is 0 Å². The normalized spacial score (nSPS) is 13.2. The summed E-state index contributed by atoms with van der Waals surface area (Å²) in [6.07, 6.45) is 0.907. The van der Waals surface area contributed by atoms with Gasteiger partial charge in [-0.2, -0.15) is 0 Å². The zero-order valence-electron chi connectivity index (χ0n) is 14.9. The van der Waals surface area contributed by atoms with Gasteiger partial charge in [0.25, 0.3) is 5.91 Å². The number of carbonyl (C=O) groups excluding carboxylic acids is 1. The van der Waals surface area contributed by atoms with Crippen molar-refractivity contribution in [3.63, 3.8) is 0 Å². The number of hydrogen-bond donors (Lipinski definition) is 1. The molecule has 1 N–H and O–H groups in total. The number of fused-ring (bicyclic) bond motifs is 1. The fraction of sp³-hybridized carbons (Fsp3) is 0.190. The summed E-state index contributed by atoms with van der Waals surface area (Å²) in [6, 6.07) is 16.0. The summed E-state index contributed by atoms with van der Waals surface area (Å²) >= 11 is 0. The summed E-state index contributed by atoms with van der Waals surface area (Å²) in [5, 5.41) is 2.58. The predicted molar refractivity (Wildman–Crippen MR) is 102 cm³/mol. The Labute approximate surface area is 156 Å². The molecule has 0 radical (unpaired) electrons. The Morgan fingerprint density at radius 2 is 1.81 bits per heavy atom. The smallest absolute Gasteiger partial charge is 0.274 e. The van der Waals surface area contributed by atoms with E-state index < -0.39 is 11.7 Å². The van der Waals surface area contributed by atoms with Crippen LogP contribution in [0.2, 0.25) is 0 Å². The van der Waals surface area contributed by atoms with Gasteiger partial charge < -0.3 is 10.2 Å². The number of rotatable bonds is 3. The van der Waals surface area contributed by atoms with Crippen LogP contribution in [0.3, 0.4) is 0 Å². The number of anilines is 2. The molecule has 2 aromatic carbocycles. The molecule has 27 heavy (non-hydrogen) atoms. The third kappa shape index (κ3) is 3.65. The minimum atomic E-state index is -0.482. The molecule has 1 amide bonds. The van der Waals surface area contributed by atoms with Crippen LogP contribution in [0.1, 0.15) is 27.3 Å². The molecule has 0 unspecified atom stereocenters. The van der Waals surface area contributed by atoms with Crippen LogP contribution in [-0.2, 0) is 13.0 Å². The minimum absolute atomic E-state index is 0.132. The molecule has 6 heteroatoms. The van der Waals surface area contributed by atoms with Crippen molar-refractivity contribution in [1.82, 2.24) is 9.97 Å². The van der Waals surface area contributed by atoms with Crippen molar-refractivity contribution < 1.29 is 9.18 Å². The van der Waals surface area contributed by atoms with Gasteiger partial charge >= 0.3 is 0 Å². The summed E-state index contributed by atoms with van der Waals surface area (Å²) in [5.74, 6) is -0.420. The first-order chi connectivity index (χ1) is 13.1. The molecule has 1 aliphatic heterocycles. The maximum atomic E-state index is 13.8. The van der Waals surface area contributed by atoms with Crippen LogP contribution in [0, 0.1) is 12.7 Å². The van der Waals surface area contributed by atoms with Gasteiger partial charge in [0.2, 0.25) is 5.95 Å². The number of para-hydroxylation sites is 1. The van der Waals surface area contributed by atoms with Gasteiger partial charge in [-0.05, 0) is 42.7 Å². The van der Waals surface area contributed by atoms with E-state index in [1.54, 1.807) is 18.2 Å². The Balaban J connectivity index is 1.59. The van der Waals surface area contributed by atoms with Crippen molar-refractivity contribution in [2.45, 2.75) is 19.9 Å². The molecule has 136 valence electrons. The molecular formula is C21H19FN4O. The monoisotopic (exact) mass is 362 g/mol. The summed E-state index contributed by atoms with van der Waals surface area (Å²) in [6.45, 7) is 3.31. The van der Waals surface area contributed by atoms with Gasteiger partial charge in [0.05, 0.1) is 5.69 Å². The molecule has 0 atom stereocenters. The molecule has 5 nitrogen and oxygen atoms in total. The highest BCUT2D eigenvalue weighted by molar-refractivity contribution is 6.03. The number of hydrogen-bond acceptors (Lipinski definition) is 4. The summed E-state index contributed by atoms with van der Waals surface area (Å²) in [5.41, 5.74) is 3.62. The first kappa shape index (κ1) is 17.1. The average Bonchev–Trinajstić information content (AvgIpc) is 2.69. The number of nitrogens with zero attached hydrogens (tertiary/aromatic N) is 3. The Bertz CT molecular complexity index is 1000. The Morgan fingerprint density at radius 1 is 1.07 bits per heavy atom. The zero-order valence-corrected chi connectivity index (χ0v) is 14.9. The van der Waals surface area contributed by atoms with Crippen LogP contribution in [-0.4, -0.2) is 22.4 Å². The lowest BCUT2D eigenvalue weighted by atomic mass is 10.0. The molecule has 0 spiro atoms. The number of carbonyl (C=O) groups is 1. The minimum Gasteiger partial charge on any atom is -0.336 e. The number of amides is 1. The average molecular weight is 362 g/mol. The van der Waals surface area contributed by atoms with E-state index in [1.165, 1.54) is 23.3 Å². The van der Waals surface area contributed by atoms with E-state index >= 15 is 0 Å². The molecule has 0 saturated carbocycles. The van der Waals surface area contributed by atoms with Crippen molar-refractivity contribution in [1.29, 1.82) is 0 Å². The highest BCUT2D eigenvalue weighted by Crippen LogP contribution is 2.22. The largest absolute Gasteiger partial charge is 0.336 e. The number of aromatic nitrogens is 2. The van der Waals surface area contributed by atoms with Gasteiger partial charge in [0.1, 0.15) is 11.5 Å². The van der Waals surface area contributed by atoms with Crippen molar-refractivity contribution in [3.8, 4) is 0 Å². The van der Waals surface area contributed by atoms with Gasteiger partial charge in [-0.15, -0.1) is 0 Å². The van der Waals surface area contributed by atoms with Crippen molar-refractivity contribution in [3.05, 3.63) is 82.9 Å². The first-order valence-electron chi connectivity index (χ1n) is 8.83. The van der Waals surface area contributed by atoms with Crippen molar-refractivity contribution in [2.75, 3.05) is 16.8 Å². The van der Waals surface area contributed by atoms with E-state index in [1.807, 2.05) is 19.1 Å².